The summed E-state index contributed by atoms with van der Waals surface area (Å²) >= 11 is 0. The minimum Gasteiger partial charge on any atom is -0.481 e. The third kappa shape index (κ3) is 2.30. The third-order valence-corrected chi connectivity index (χ3v) is 4.67. The Morgan fingerprint density at radius 3 is 2.20 bits per heavy atom. The van der Waals surface area contributed by atoms with Crippen LogP contribution in [0.15, 0.2) is 0 Å². The van der Waals surface area contributed by atoms with Gasteiger partial charge in [-0.3, -0.25) is 4.79 Å². The van der Waals surface area contributed by atoms with Gasteiger partial charge in [0, 0.05) is 26.2 Å². The summed E-state index contributed by atoms with van der Waals surface area (Å²) < 4.78 is 26.1. The van der Waals surface area contributed by atoms with Crippen LogP contribution in [0.2, 0.25) is 0 Å². The monoisotopic (exact) mass is 236 g/mol. The minimum absolute atomic E-state index is 0.0914. The van der Waals surface area contributed by atoms with Crippen molar-refractivity contribution >= 4 is 16.2 Å². The van der Waals surface area contributed by atoms with Crippen LogP contribution in [-0.4, -0.2) is 54.3 Å². The molecule has 0 aromatic carbocycles. The molecule has 1 rings (SSSR count). The third-order valence-electron chi connectivity index (χ3n) is 2.56. The van der Waals surface area contributed by atoms with Crippen molar-refractivity contribution in [1.29, 1.82) is 0 Å². The zero-order valence-electron chi connectivity index (χ0n) is 8.88. The van der Waals surface area contributed by atoms with E-state index in [1.807, 2.05) is 0 Å². The molecule has 0 amide bonds. The van der Waals surface area contributed by atoms with Crippen molar-refractivity contribution in [3.8, 4) is 0 Å². The van der Waals surface area contributed by atoms with Crippen molar-refractivity contribution in [2.45, 2.75) is 13.8 Å². The van der Waals surface area contributed by atoms with Gasteiger partial charge in [-0.15, -0.1) is 0 Å². The van der Waals surface area contributed by atoms with Crippen LogP contribution in [0.1, 0.15) is 13.8 Å². The van der Waals surface area contributed by atoms with E-state index >= 15 is 0 Å². The maximum atomic E-state index is 11.8. The Bertz CT molecular complexity index is 331. The number of aliphatic carboxylic acids is 1. The largest absolute Gasteiger partial charge is 0.481 e. The molecule has 7 heteroatoms. The molecule has 15 heavy (non-hydrogen) atoms. The van der Waals surface area contributed by atoms with Crippen LogP contribution in [-0.2, 0) is 15.0 Å². The minimum atomic E-state index is -3.43. The number of hydrogen-bond acceptors (Lipinski definition) is 3. The topological polar surface area (TPSA) is 77.9 Å². The Labute approximate surface area is 89.7 Å². The highest BCUT2D eigenvalue weighted by atomic mass is 32.2. The molecule has 1 saturated heterocycles. The normalized spacial score (nSPS) is 19.1. The van der Waals surface area contributed by atoms with Crippen LogP contribution >= 0.6 is 0 Å². The summed E-state index contributed by atoms with van der Waals surface area (Å²) in [6.07, 6.45) is 0. The Morgan fingerprint density at radius 1 is 1.40 bits per heavy atom. The number of carboxylic acid groups (broad SMARTS) is 1. The molecule has 0 bridgehead atoms. The highest BCUT2D eigenvalue weighted by Gasteiger charge is 2.41. The summed E-state index contributed by atoms with van der Waals surface area (Å²) in [7, 11) is -3.43. The van der Waals surface area contributed by atoms with E-state index in [2.05, 4.69) is 0 Å². The lowest BCUT2D eigenvalue weighted by atomic mass is 10.0. The van der Waals surface area contributed by atoms with Crippen molar-refractivity contribution in [3.05, 3.63) is 0 Å². The predicted octanol–water partition coefficient (Wildman–Crippen LogP) is -0.411. The number of rotatable bonds is 5. The lowest BCUT2D eigenvalue weighted by molar-refractivity contribution is -0.145. The second kappa shape index (κ2) is 4.46. The van der Waals surface area contributed by atoms with E-state index in [0.717, 1.165) is 0 Å². The molecule has 0 aromatic heterocycles. The molecular formula is C8H16N2O4S. The quantitative estimate of drug-likeness (QED) is 0.704. The van der Waals surface area contributed by atoms with E-state index in [-0.39, 0.29) is 13.1 Å². The van der Waals surface area contributed by atoms with E-state index in [9.17, 15) is 13.2 Å². The molecule has 1 aliphatic rings. The second-order valence-corrected chi connectivity index (χ2v) is 5.37. The van der Waals surface area contributed by atoms with Gasteiger partial charge < -0.3 is 5.11 Å². The van der Waals surface area contributed by atoms with Crippen molar-refractivity contribution in [1.82, 2.24) is 8.61 Å². The van der Waals surface area contributed by atoms with E-state index in [4.69, 9.17) is 5.11 Å². The van der Waals surface area contributed by atoms with Gasteiger partial charge >= 0.3 is 5.97 Å². The average molecular weight is 236 g/mol. The fourth-order valence-electron chi connectivity index (χ4n) is 1.50. The average Bonchev–Trinajstić information content (AvgIpc) is 2.00. The van der Waals surface area contributed by atoms with Crippen LogP contribution in [0.3, 0.4) is 0 Å². The summed E-state index contributed by atoms with van der Waals surface area (Å²) in [4.78, 5) is 10.5. The summed E-state index contributed by atoms with van der Waals surface area (Å²) in [6.45, 7) is 4.52. The zero-order chi connectivity index (χ0) is 11.6. The number of hydrogen-bond donors (Lipinski definition) is 1. The summed E-state index contributed by atoms with van der Waals surface area (Å²) in [5.74, 6) is -1.48. The molecule has 1 N–H and O–H groups in total. The van der Waals surface area contributed by atoms with Crippen molar-refractivity contribution < 1.29 is 18.3 Å². The maximum Gasteiger partial charge on any atom is 0.309 e. The van der Waals surface area contributed by atoms with Gasteiger partial charge in [-0.1, -0.05) is 13.8 Å². The molecule has 0 spiro atoms. The van der Waals surface area contributed by atoms with Crippen molar-refractivity contribution in [2.75, 3.05) is 26.2 Å². The van der Waals surface area contributed by atoms with E-state index in [1.54, 1.807) is 13.8 Å². The molecule has 0 unspecified atom stereocenters. The first-order valence-corrected chi connectivity index (χ1v) is 6.31. The van der Waals surface area contributed by atoms with Gasteiger partial charge in [-0.05, 0) is 0 Å². The highest BCUT2D eigenvalue weighted by Crippen LogP contribution is 2.21. The van der Waals surface area contributed by atoms with Gasteiger partial charge in [0.05, 0.1) is 5.92 Å². The van der Waals surface area contributed by atoms with Gasteiger partial charge in [0.15, 0.2) is 0 Å². The highest BCUT2D eigenvalue weighted by molar-refractivity contribution is 7.86. The molecule has 0 saturated carbocycles. The smallest absolute Gasteiger partial charge is 0.309 e. The summed E-state index contributed by atoms with van der Waals surface area (Å²) in [5.41, 5.74) is 0. The van der Waals surface area contributed by atoms with E-state index in [0.29, 0.717) is 13.1 Å². The van der Waals surface area contributed by atoms with Gasteiger partial charge in [0.25, 0.3) is 10.2 Å². The van der Waals surface area contributed by atoms with E-state index < -0.39 is 22.1 Å². The van der Waals surface area contributed by atoms with Crippen molar-refractivity contribution in [3.63, 3.8) is 0 Å². The lowest BCUT2D eigenvalue weighted by Gasteiger charge is -2.38. The SMILES string of the molecule is CCN(CC)S(=O)(=O)N1CC(C(=O)O)C1. The van der Waals surface area contributed by atoms with Crippen LogP contribution in [0, 0.1) is 5.92 Å². The maximum absolute atomic E-state index is 11.8. The molecule has 6 nitrogen and oxygen atoms in total. The fourth-order valence-corrected chi connectivity index (χ4v) is 3.21. The lowest BCUT2D eigenvalue weighted by Crippen LogP contribution is -2.57. The van der Waals surface area contributed by atoms with Gasteiger partial charge in [0.1, 0.15) is 0 Å². The molecule has 0 atom stereocenters. The zero-order valence-corrected chi connectivity index (χ0v) is 9.70. The van der Waals surface area contributed by atoms with Gasteiger partial charge in [-0.25, -0.2) is 0 Å². The summed E-state index contributed by atoms with van der Waals surface area (Å²) in [6, 6.07) is 0. The molecular weight excluding hydrogens is 220 g/mol. The van der Waals surface area contributed by atoms with Crippen LogP contribution < -0.4 is 0 Å². The van der Waals surface area contributed by atoms with Crippen LogP contribution in [0.25, 0.3) is 0 Å². The van der Waals surface area contributed by atoms with Gasteiger partial charge in [-0.2, -0.15) is 17.0 Å². The molecule has 0 aliphatic carbocycles. The Hall–Kier alpha value is -0.660. The molecule has 1 fully saturated rings. The molecule has 0 aromatic rings. The molecule has 1 aliphatic heterocycles. The Morgan fingerprint density at radius 2 is 1.87 bits per heavy atom. The Kier molecular flexibility index (Phi) is 3.69. The number of carbonyl (C=O) groups is 1. The van der Waals surface area contributed by atoms with Crippen molar-refractivity contribution in [2.24, 2.45) is 5.92 Å². The second-order valence-electron chi connectivity index (χ2n) is 3.44. The number of nitrogens with zero attached hydrogens (tertiary/aromatic N) is 2. The van der Waals surface area contributed by atoms with Crippen LogP contribution in [0.5, 0.6) is 0 Å². The predicted molar refractivity (Wildman–Crippen MR) is 54.5 cm³/mol. The molecule has 1 heterocycles. The van der Waals surface area contributed by atoms with E-state index in [1.165, 1.54) is 8.61 Å². The standard InChI is InChI=1S/C8H16N2O4S/c1-3-9(4-2)15(13,14)10-5-7(6-10)8(11)12/h7H,3-6H2,1-2H3,(H,11,12). The first-order valence-electron chi connectivity index (χ1n) is 4.91. The fraction of sp³-hybridized carbons (Fsp3) is 0.875. The first kappa shape index (κ1) is 12.4. The number of carboxylic acids is 1. The molecule has 88 valence electrons. The van der Waals surface area contributed by atoms with Gasteiger partial charge in [0.2, 0.25) is 0 Å². The molecule has 0 radical (unpaired) electrons. The van der Waals surface area contributed by atoms with Crippen LogP contribution in [0.4, 0.5) is 0 Å². The Balaban J connectivity index is 2.63. The summed E-state index contributed by atoms with van der Waals surface area (Å²) in [5, 5.41) is 8.63. The first-order chi connectivity index (χ1) is 6.93.